The molecule has 0 radical (unpaired) electrons. The van der Waals surface area contributed by atoms with Crippen LogP contribution < -0.4 is 10.5 Å². The quantitative estimate of drug-likeness (QED) is 0.482. The number of pyridine rings is 2. The van der Waals surface area contributed by atoms with Crippen LogP contribution in [-0.2, 0) is 13.0 Å². The van der Waals surface area contributed by atoms with Crippen LogP contribution in [0.3, 0.4) is 0 Å². The molecule has 1 fully saturated rings. The molecule has 1 saturated heterocycles. The Morgan fingerprint density at radius 1 is 1.22 bits per heavy atom. The SMILES string of the molecule is C=CCn1cc(C(=O)N(C)C2CCN(c3cc(-c4ncccc4C)ncn3)CC2)c2c(c1=O)CC(C)=C2. The minimum absolute atomic E-state index is 0.0411. The van der Waals surface area contributed by atoms with Gasteiger partial charge in [0.2, 0.25) is 0 Å². The Bertz CT molecular complexity index is 1450. The molecule has 1 aliphatic heterocycles. The minimum atomic E-state index is -0.0478. The predicted octanol–water partition coefficient (Wildman–Crippen LogP) is 3.90. The first-order valence-corrected chi connectivity index (χ1v) is 12.7. The van der Waals surface area contributed by atoms with Gasteiger partial charge in [-0.05, 0) is 50.3 Å². The third-order valence-electron chi connectivity index (χ3n) is 7.38. The lowest BCUT2D eigenvalue weighted by Crippen LogP contribution is -2.46. The standard InChI is InChI=1S/C29H32N6O2/c1-5-11-35-17-24(22-14-19(2)15-23(22)29(35)37)28(36)33(4)21-8-12-34(13-9-21)26-16-25(31-18-32-26)27-20(3)7-6-10-30-27/h5-7,10,14,16-18,21H,1,8-9,11-13,15H2,2-4H3. The monoisotopic (exact) mass is 496 g/mol. The molecule has 3 aromatic heterocycles. The van der Waals surface area contributed by atoms with Gasteiger partial charge in [0.25, 0.3) is 11.5 Å². The van der Waals surface area contributed by atoms with Gasteiger partial charge in [0.05, 0.1) is 17.0 Å². The normalized spacial score (nSPS) is 15.3. The number of amides is 1. The van der Waals surface area contributed by atoms with Crippen molar-refractivity contribution in [1.82, 2.24) is 24.4 Å². The van der Waals surface area contributed by atoms with E-state index in [4.69, 9.17) is 0 Å². The van der Waals surface area contributed by atoms with E-state index in [0.29, 0.717) is 24.1 Å². The molecular formula is C29H32N6O2. The number of hydrogen-bond acceptors (Lipinski definition) is 6. The average Bonchev–Trinajstić information content (AvgIpc) is 3.32. The van der Waals surface area contributed by atoms with Gasteiger partial charge in [0.15, 0.2) is 0 Å². The van der Waals surface area contributed by atoms with Gasteiger partial charge < -0.3 is 14.4 Å². The summed E-state index contributed by atoms with van der Waals surface area (Å²) in [7, 11) is 1.87. The van der Waals surface area contributed by atoms with E-state index in [9.17, 15) is 9.59 Å². The summed E-state index contributed by atoms with van der Waals surface area (Å²) in [4.78, 5) is 44.1. The molecule has 0 spiro atoms. The number of carbonyl (C=O) groups excluding carboxylic acids is 1. The lowest BCUT2D eigenvalue weighted by molar-refractivity contribution is 0.0708. The highest BCUT2D eigenvalue weighted by Crippen LogP contribution is 2.29. The molecule has 1 amide bonds. The van der Waals surface area contributed by atoms with Crippen molar-refractivity contribution in [3.05, 3.63) is 87.8 Å². The number of aromatic nitrogens is 4. The van der Waals surface area contributed by atoms with Gasteiger partial charge >= 0.3 is 0 Å². The van der Waals surface area contributed by atoms with E-state index in [1.54, 1.807) is 29.4 Å². The average molecular weight is 497 g/mol. The van der Waals surface area contributed by atoms with Crippen LogP contribution in [0.5, 0.6) is 0 Å². The first kappa shape index (κ1) is 24.6. The molecule has 5 rings (SSSR count). The van der Waals surface area contributed by atoms with Crippen LogP contribution in [-0.4, -0.2) is 56.5 Å². The van der Waals surface area contributed by atoms with Crippen molar-refractivity contribution in [3.63, 3.8) is 0 Å². The zero-order chi connectivity index (χ0) is 26.1. The van der Waals surface area contributed by atoms with Gasteiger partial charge in [0, 0.05) is 56.7 Å². The fourth-order valence-corrected chi connectivity index (χ4v) is 5.33. The Hall–Kier alpha value is -4.07. The summed E-state index contributed by atoms with van der Waals surface area (Å²) < 4.78 is 1.60. The van der Waals surface area contributed by atoms with Gasteiger partial charge in [-0.1, -0.05) is 23.8 Å². The second kappa shape index (κ2) is 10.1. The van der Waals surface area contributed by atoms with Crippen molar-refractivity contribution in [2.45, 2.75) is 45.7 Å². The van der Waals surface area contributed by atoms with Crippen molar-refractivity contribution < 1.29 is 4.79 Å². The Morgan fingerprint density at radius 2 is 2.00 bits per heavy atom. The summed E-state index contributed by atoms with van der Waals surface area (Å²) in [5.74, 6) is 0.825. The summed E-state index contributed by atoms with van der Waals surface area (Å²) in [6, 6.07) is 6.04. The fourth-order valence-electron chi connectivity index (χ4n) is 5.33. The first-order valence-electron chi connectivity index (χ1n) is 12.7. The number of rotatable bonds is 6. The molecule has 0 unspecified atom stereocenters. The highest BCUT2D eigenvalue weighted by molar-refractivity contribution is 5.98. The highest BCUT2D eigenvalue weighted by atomic mass is 16.2. The Balaban J connectivity index is 1.32. The molecule has 37 heavy (non-hydrogen) atoms. The maximum absolute atomic E-state index is 13.7. The second-order valence-corrected chi connectivity index (χ2v) is 9.91. The molecule has 2 aliphatic rings. The van der Waals surface area contributed by atoms with Crippen molar-refractivity contribution >= 4 is 17.8 Å². The molecule has 8 nitrogen and oxygen atoms in total. The smallest absolute Gasteiger partial charge is 0.255 e. The van der Waals surface area contributed by atoms with E-state index < -0.39 is 0 Å². The molecule has 8 heteroatoms. The molecule has 0 aromatic carbocycles. The third-order valence-corrected chi connectivity index (χ3v) is 7.38. The van der Waals surface area contributed by atoms with Crippen LogP contribution in [0.15, 0.2) is 59.9 Å². The molecule has 4 heterocycles. The van der Waals surface area contributed by atoms with E-state index in [0.717, 1.165) is 59.8 Å². The van der Waals surface area contributed by atoms with Gasteiger partial charge in [-0.15, -0.1) is 6.58 Å². The van der Waals surface area contributed by atoms with Gasteiger partial charge in [-0.25, -0.2) is 9.97 Å². The summed E-state index contributed by atoms with van der Waals surface area (Å²) >= 11 is 0. The topological polar surface area (TPSA) is 84.2 Å². The Labute approximate surface area is 217 Å². The molecule has 0 saturated carbocycles. The summed E-state index contributed by atoms with van der Waals surface area (Å²) in [6.45, 7) is 9.74. The number of aryl methyl sites for hydroxylation is 1. The largest absolute Gasteiger partial charge is 0.356 e. The zero-order valence-corrected chi connectivity index (χ0v) is 21.6. The number of piperidine rings is 1. The van der Waals surface area contributed by atoms with Crippen LogP contribution in [0.2, 0.25) is 0 Å². The van der Waals surface area contributed by atoms with Gasteiger partial charge in [-0.3, -0.25) is 14.6 Å². The van der Waals surface area contributed by atoms with Crippen LogP contribution in [0, 0.1) is 6.92 Å². The molecule has 3 aromatic rings. The summed E-state index contributed by atoms with van der Waals surface area (Å²) in [5, 5.41) is 0. The number of hydrogen-bond donors (Lipinski definition) is 0. The molecule has 0 bridgehead atoms. The second-order valence-electron chi connectivity index (χ2n) is 9.91. The van der Waals surface area contributed by atoms with Crippen LogP contribution in [0.25, 0.3) is 17.5 Å². The zero-order valence-electron chi connectivity index (χ0n) is 21.6. The van der Waals surface area contributed by atoms with E-state index in [2.05, 4.69) is 26.4 Å². The number of carbonyl (C=O) groups is 1. The highest BCUT2D eigenvalue weighted by Gasteiger charge is 2.30. The van der Waals surface area contributed by atoms with Crippen LogP contribution >= 0.6 is 0 Å². The summed E-state index contributed by atoms with van der Waals surface area (Å²) in [5.41, 5.74) is 5.86. The van der Waals surface area contributed by atoms with E-state index >= 15 is 0 Å². The molecule has 190 valence electrons. The molecule has 0 atom stereocenters. The lowest BCUT2D eigenvalue weighted by Gasteiger charge is -2.37. The molecular weight excluding hydrogens is 464 g/mol. The number of nitrogens with zero attached hydrogens (tertiary/aromatic N) is 6. The van der Waals surface area contributed by atoms with E-state index in [1.807, 2.05) is 50.1 Å². The maximum atomic E-state index is 13.7. The number of anilines is 1. The van der Waals surface area contributed by atoms with Crippen molar-refractivity contribution in [1.29, 1.82) is 0 Å². The maximum Gasteiger partial charge on any atom is 0.255 e. The third kappa shape index (κ3) is 4.71. The Morgan fingerprint density at radius 3 is 2.73 bits per heavy atom. The van der Waals surface area contributed by atoms with Gasteiger partial charge in [-0.2, -0.15) is 0 Å². The predicted molar refractivity (Wildman–Crippen MR) is 146 cm³/mol. The van der Waals surface area contributed by atoms with Crippen LogP contribution in [0.1, 0.15) is 46.8 Å². The number of fused-ring (bicyclic) bond motifs is 1. The van der Waals surface area contributed by atoms with Gasteiger partial charge in [0.1, 0.15) is 12.1 Å². The Kier molecular flexibility index (Phi) is 6.74. The number of allylic oxidation sites excluding steroid dienone is 2. The summed E-state index contributed by atoms with van der Waals surface area (Å²) in [6.07, 6.45) is 11.0. The first-order chi connectivity index (χ1) is 17.9. The fraction of sp³-hybridized carbons (Fsp3) is 0.345. The van der Waals surface area contributed by atoms with Crippen LogP contribution in [0.4, 0.5) is 5.82 Å². The minimum Gasteiger partial charge on any atom is -0.356 e. The van der Waals surface area contributed by atoms with E-state index in [1.165, 1.54) is 0 Å². The van der Waals surface area contributed by atoms with Crippen molar-refractivity contribution in [3.8, 4) is 11.4 Å². The molecule has 0 N–H and O–H groups in total. The van der Waals surface area contributed by atoms with E-state index in [-0.39, 0.29) is 17.5 Å². The molecule has 1 aliphatic carbocycles. The lowest BCUT2D eigenvalue weighted by atomic mass is 10.0. The van der Waals surface area contributed by atoms with Crippen molar-refractivity contribution in [2.24, 2.45) is 0 Å². The van der Waals surface area contributed by atoms with Crippen molar-refractivity contribution in [2.75, 3.05) is 25.0 Å².